The van der Waals surface area contributed by atoms with Crippen LogP contribution in [0.5, 0.6) is 0 Å². The number of fused-ring (bicyclic) bond motifs is 1. The minimum absolute atomic E-state index is 0. The lowest BCUT2D eigenvalue weighted by Crippen LogP contribution is -2.47. The fourth-order valence-corrected chi connectivity index (χ4v) is 4.44. The van der Waals surface area contributed by atoms with E-state index in [0.717, 1.165) is 51.6 Å². The first-order valence-electron chi connectivity index (χ1n) is 9.22. The molecule has 0 saturated carbocycles. The lowest BCUT2D eigenvalue weighted by Gasteiger charge is -2.27. The van der Waals surface area contributed by atoms with Crippen LogP contribution in [0.4, 0.5) is 0 Å². The van der Waals surface area contributed by atoms with Gasteiger partial charge in [-0.3, -0.25) is 14.7 Å². The zero-order valence-corrected chi connectivity index (χ0v) is 18.8. The Labute approximate surface area is 177 Å². The van der Waals surface area contributed by atoms with Gasteiger partial charge in [0.15, 0.2) is 5.96 Å². The number of nitrogens with one attached hydrogen (secondary N) is 2. The number of hydrogen-bond acceptors (Lipinski definition) is 4. The summed E-state index contributed by atoms with van der Waals surface area (Å²) in [6.07, 6.45) is 2.74. The van der Waals surface area contributed by atoms with Crippen LogP contribution < -0.4 is 10.6 Å². The molecule has 0 aromatic carbocycles. The van der Waals surface area contributed by atoms with E-state index in [4.69, 9.17) is 0 Å². The zero-order valence-electron chi connectivity index (χ0n) is 15.7. The summed E-state index contributed by atoms with van der Waals surface area (Å²) in [4.78, 5) is 22.1. The third-order valence-electron chi connectivity index (χ3n) is 5.02. The smallest absolute Gasteiger partial charge is 0.222 e. The SMILES string of the molecule is CCC(=O)N1CCC(NC(=NC)NCCN2CCc3sccc3C2)C1.I. The molecule has 1 saturated heterocycles. The molecule has 1 fully saturated rings. The number of thiophene rings is 1. The minimum atomic E-state index is 0. The maximum atomic E-state index is 11.8. The Morgan fingerprint density at radius 1 is 1.42 bits per heavy atom. The van der Waals surface area contributed by atoms with Crippen LogP contribution in [0.2, 0.25) is 0 Å². The molecule has 0 spiro atoms. The van der Waals surface area contributed by atoms with Gasteiger partial charge in [0.1, 0.15) is 0 Å². The van der Waals surface area contributed by atoms with Gasteiger partial charge in [0, 0.05) is 63.7 Å². The predicted molar refractivity (Wildman–Crippen MR) is 118 cm³/mol. The summed E-state index contributed by atoms with van der Waals surface area (Å²) in [7, 11) is 1.80. The molecule has 2 aliphatic heterocycles. The standard InChI is InChI=1S/C18H29N5OS.HI/c1-3-17(24)23-9-4-15(13-23)21-18(19-2)20-7-10-22-8-5-16-14(12-22)6-11-25-16;/h6,11,15H,3-5,7-10,12-13H2,1-2H3,(H2,19,20,21);1H. The summed E-state index contributed by atoms with van der Waals surface area (Å²) in [6, 6.07) is 2.55. The maximum Gasteiger partial charge on any atom is 0.222 e. The molecular formula is C18H30IN5OS. The molecule has 0 bridgehead atoms. The molecule has 2 aliphatic rings. The molecule has 146 valence electrons. The summed E-state index contributed by atoms with van der Waals surface area (Å²) >= 11 is 1.88. The summed E-state index contributed by atoms with van der Waals surface area (Å²) in [5.74, 6) is 1.08. The van der Waals surface area contributed by atoms with Crippen LogP contribution in [0.1, 0.15) is 30.2 Å². The van der Waals surface area contributed by atoms with Crippen molar-refractivity contribution in [2.75, 3.05) is 39.8 Å². The van der Waals surface area contributed by atoms with Crippen LogP contribution in [0.25, 0.3) is 0 Å². The largest absolute Gasteiger partial charge is 0.355 e. The average molecular weight is 491 g/mol. The molecule has 8 heteroatoms. The van der Waals surface area contributed by atoms with Crippen molar-refractivity contribution < 1.29 is 4.79 Å². The van der Waals surface area contributed by atoms with Crippen molar-refractivity contribution >= 4 is 47.2 Å². The summed E-state index contributed by atoms with van der Waals surface area (Å²) in [6.45, 7) is 7.63. The van der Waals surface area contributed by atoms with Crippen molar-refractivity contribution in [3.05, 3.63) is 21.9 Å². The van der Waals surface area contributed by atoms with E-state index in [1.54, 1.807) is 11.9 Å². The van der Waals surface area contributed by atoms with Crippen molar-refractivity contribution in [1.29, 1.82) is 0 Å². The highest BCUT2D eigenvalue weighted by atomic mass is 127. The van der Waals surface area contributed by atoms with Crippen molar-refractivity contribution in [1.82, 2.24) is 20.4 Å². The summed E-state index contributed by atoms with van der Waals surface area (Å²) in [5, 5.41) is 9.07. The van der Waals surface area contributed by atoms with Crippen LogP contribution in [-0.4, -0.2) is 67.5 Å². The third kappa shape index (κ3) is 5.56. The number of nitrogens with zero attached hydrogens (tertiary/aromatic N) is 3. The topological polar surface area (TPSA) is 60.0 Å². The van der Waals surface area contributed by atoms with E-state index in [2.05, 4.69) is 32.0 Å². The van der Waals surface area contributed by atoms with Crippen LogP contribution in [0, 0.1) is 0 Å². The Hall–Kier alpha value is -0.870. The molecule has 1 amide bonds. The van der Waals surface area contributed by atoms with Gasteiger partial charge in [0.25, 0.3) is 0 Å². The van der Waals surface area contributed by atoms with E-state index < -0.39 is 0 Å². The Morgan fingerprint density at radius 2 is 2.27 bits per heavy atom. The molecule has 1 aromatic heterocycles. The van der Waals surface area contributed by atoms with Gasteiger partial charge in [-0.15, -0.1) is 35.3 Å². The third-order valence-corrected chi connectivity index (χ3v) is 6.04. The molecule has 0 aliphatic carbocycles. The van der Waals surface area contributed by atoms with Gasteiger partial charge in [-0.05, 0) is 29.9 Å². The second kappa shape index (κ2) is 10.5. The fraction of sp³-hybridized carbons (Fsp3) is 0.667. The fourth-order valence-electron chi connectivity index (χ4n) is 3.55. The number of amides is 1. The van der Waals surface area contributed by atoms with Gasteiger partial charge >= 0.3 is 0 Å². The number of carbonyl (C=O) groups is 1. The molecular weight excluding hydrogens is 461 g/mol. The molecule has 1 atom stereocenters. The highest BCUT2D eigenvalue weighted by Gasteiger charge is 2.25. The normalized spacial score (nSPS) is 20.5. The summed E-state index contributed by atoms with van der Waals surface area (Å²) < 4.78 is 0. The van der Waals surface area contributed by atoms with Crippen LogP contribution in [-0.2, 0) is 17.8 Å². The van der Waals surface area contributed by atoms with E-state index in [-0.39, 0.29) is 29.9 Å². The van der Waals surface area contributed by atoms with E-state index in [0.29, 0.717) is 12.5 Å². The van der Waals surface area contributed by atoms with Crippen LogP contribution >= 0.6 is 35.3 Å². The van der Waals surface area contributed by atoms with Crippen molar-refractivity contribution in [3.8, 4) is 0 Å². The molecule has 6 nitrogen and oxygen atoms in total. The van der Waals surface area contributed by atoms with Crippen molar-refractivity contribution in [3.63, 3.8) is 0 Å². The Kier molecular flexibility index (Phi) is 8.62. The van der Waals surface area contributed by atoms with Gasteiger partial charge < -0.3 is 15.5 Å². The minimum Gasteiger partial charge on any atom is -0.355 e. The van der Waals surface area contributed by atoms with E-state index in [1.165, 1.54) is 12.0 Å². The number of guanidine groups is 1. The first kappa shape index (κ1) is 21.4. The Balaban J connectivity index is 0.00000243. The quantitative estimate of drug-likeness (QED) is 0.376. The first-order valence-corrected chi connectivity index (χ1v) is 10.1. The van der Waals surface area contributed by atoms with E-state index >= 15 is 0 Å². The Bertz CT molecular complexity index is 620. The molecule has 3 heterocycles. The molecule has 26 heavy (non-hydrogen) atoms. The van der Waals surface area contributed by atoms with Gasteiger partial charge in [-0.1, -0.05) is 6.92 Å². The molecule has 2 N–H and O–H groups in total. The van der Waals surface area contributed by atoms with E-state index in [9.17, 15) is 4.79 Å². The van der Waals surface area contributed by atoms with E-state index in [1.807, 2.05) is 23.2 Å². The number of rotatable bonds is 5. The predicted octanol–water partition coefficient (Wildman–Crippen LogP) is 1.90. The van der Waals surface area contributed by atoms with Gasteiger partial charge in [-0.25, -0.2) is 0 Å². The van der Waals surface area contributed by atoms with Crippen LogP contribution in [0.3, 0.4) is 0 Å². The van der Waals surface area contributed by atoms with Gasteiger partial charge in [0.05, 0.1) is 0 Å². The lowest BCUT2D eigenvalue weighted by molar-refractivity contribution is -0.129. The zero-order chi connectivity index (χ0) is 17.6. The average Bonchev–Trinajstić information content (AvgIpc) is 3.28. The number of aliphatic imine (C=N–C) groups is 1. The number of carbonyl (C=O) groups excluding carboxylic acids is 1. The Morgan fingerprint density at radius 3 is 3.04 bits per heavy atom. The molecule has 1 unspecified atom stereocenters. The molecule has 1 aromatic rings. The monoisotopic (exact) mass is 491 g/mol. The highest BCUT2D eigenvalue weighted by Crippen LogP contribution is 2.23. The van der Waals surface area contributed by atoms with Crippen molar-refractivity contribution in [2.45, 2.75) is 38.8 Å². The first-order chi connectivity index (χ1) is 12.2. The second-order valence-electron chi connectivity index (χ2n) is 6.72. The van der Waals surface area contributed by atoms with Gasteiger partial charge in [-0.2, -0.15) is 0 Å². The van der Waals surface area contributed by atoms with Crippen LogP contribution in [0.15, 0.2) is 16.4 Å². The number of halogens is 1. The summed E-state index contributed by atoms with van der Waals surface area (Å²) in [5.41, 5.74) is 1.49. The van der Waals surface area contributed by atoms with Gasteiger partial charge in [0.2, 0.25) is 5.91 Å². The van der Waals surface area contributed by atoms with Crippen molar-refractivity contribution in [2.24, 2.45) is 4.99 Å². The highest BCUT2D eigenvalue weighted by molar-refractivity contribution is 14.0. The molecule has 0 radical (unpaired) electrons. The lowest BCUT2D eigenvalue weighted by atomic mass is 10.1. The number of hydrogen-bond donors (Lipinski definition) is 2. The second-order valence-corrected chi connectivity index (χ2v) is 7.72. The molecule has 3 rings (SSSR count). The maximum absolute atomic E-state index is 11.8. The number of likely N-dealkylation sites (tertiary alicyclic amines) is 1.